The van der Waals surface area contributed by atoms with E-state index in [0.29, 0.717) is 45.3 Å². The van der Waals surface area contributed by atoms with Crippen LogP contribution in [0.15, 0.2) is 35.2 Å². The predicted molar refractivity (Wildman–Crippen MR) is 106 cm³/mol. The van der Waals surface area contributed by atoms with Crippen molar-refractivity contribution < 1.29 is 18.0 Å². The van der Waals surface area contributed by atoms with E-state index in [-0.39, 0.29) is 28.7 Å². The summed E-state index contributed by atoms with van der Waals surface area (Å²) in [6.45, 7) is 5.38. The van der Waals surface area contributed by atoms with E-state index in [9.17, 15) is 18.0 Å². The van der Waals surface area contributed by atoms with Crippen LogP contribution < -0.4 is 5.32 Å². The van der Waals surface area contributed by atoms with Gasteiger partial charge in [-0.2, -0.15) is 4.31 Å². The second-order valence-corrected chi connectivity index (χ2v) is 9.74. The summed E-state index contributed by atoms with van der Waals surface area (Å²) in [6.07, 6.45) is 2.60. The lowest BCUT2D eigenvalue weighted by molar-refractivity contribution is -0.135. The van der Waals surface area contributed by atoms with E-state index in [1.165, 1.54) is 4.31 Å². The van der Waals surface area contributed by atoms with Gasteiger partial charge in [0.25, 0.3) is 0 Å². The maximum absolute atomic E-state index is 12.9. The van der Waals surface area contributed by atoms with Crippen molar-refractivity contribution in [2.24, 2.45) is 5.92 Å². The molecule has 2 aliphatic rings. The van der Waals surface area contributed by atoms with Gasteiger partial charge in [0, 0.05) is 31.6 Å². The molecule has 0 bridgehead atoms. The molecule has 2 heterocycles. The Labute approximate surface area is 167 Å². The highest BCUT2D eigenvalue weighted by molar-refractivity contribution is 7.89. The maximum atomic E-state index is 12.9. The minimum absolute atomic E-state index is 0.0226. The van der Waals surface area contributed by atoms with Gasteiger partial charge in [-0.25, -0.2) is 8.42 Å². The quantitative estimate of drug-likeness (QED) is 0.803. The molecule has 2 saturated heterocycles. The van der Waals surface area contributed by atoms with Gasteiger partial charge in [-0.05, 0) is 37.8 Å². The van der Waals surface area contributed by atoms with Crippen LogP contribution in [-0.4, -0.2) is 61.2 Å². The van der Waals surface area contributed by atoms with E-state index < -0.39 is 16.1 Å². The molecule has 28 heavy (non-hydrogen) atoms. The van der Waals surface area contributed by atoms with Crippen molar-refractivity contribution in [1.82, 2.24) is 14.5 Å². The first-order chi connectivity index (χ1) is 13.3. The van der Waals surface area contributed by atoms with Crippen LogP contribution in [0.4, 0.5) is 0 Å². The van der Waals surface area contributed by atoms with E-state index in [1.54, 1.807) is 30.3 Å². The summed E-state index contributed by atoms with van der Waals surface area (Å²) < 4.78 is 27.2. The fourth-order valence-electron chi connectivity index (χ4n) is 3.92. The largest absolute Gasteiger partial charge is 0.352 e. The third-order valence-electron chi connectivity index (χ3n) is 5.50. The normalized spacial score (nSPS) is 21.8. The van der Waals surface area contributed by atoms with Gasteiger partial charge in [0.15, 0.2) is 0 Å². The van der Waals surface area contributed by atoms with Crippen molar-refractivity contribution in [2.45, 2.75) is 56.5 Å². The van der Waals surface area contributed by atoms with E-state index in [4.69, 9.17) is 0 Å². The molecule has 2 aliphatic heterocycles. The van der Waals surface area contributed by atoms with E-state index >= 15 is 0 Å². The van der Waals surface area contributed by atoms with E-state index in [0.717, 1.165) is 0 Å². The van der Waals surface area contributed by atoms with Gasteiger partial charge in [0.05, 0.1) is 4.90 Å². The topological polar surface area (TPSA) is 86.8 Å². The third kappa shape index (κ3) is 4.38. The Kier molecular flexibility index (Phi) is 6.40. The van der Waals surface area contributed by atoms with Gasteiger partial charge in [0.2, 0.25) is 21.8 Å². The van der Waals surface area contributed by atoms with Gasteiger partial charge in [-0.3, -0.25) is 9.59 Å². The molecule has 1 atom stereocenters. The molecular weight excluding hydrogens is 378 g/mol. The zero-order chi connectivity index (χ0) is 20.3. The molecular formula is C20H29N3O4S. The first-order valence-corrected chi connectivity index (χ1v) is 11.4. The Hall–Kier alpha value is -1.93. The average molecular weight is 408 g/mol. The van der Waals surface area contributed by atoms with Crippen LogP contribution in [0.5, 0.6) is 0 Å². The summed E-state index contributed by atoms with van der Waals surface area (Å²) in [5.74, 6) is -0.118. The Morgan fingerprint density at radius 3 is 2.29 bits per heavy atom. The Bertz CT molecular complexity index is 802. The third-order valence-corrected chi connectivity index (χ3v) is 7.43. The summed E-state index contributed by atoms with van der Waals surface area (Å²) in [5.41, 5.74) is 0. The molecule has 1 N–H and O–H groups in total. The maximum Gasteiger partial charge on any atom is 0.243 e. The number of nitrogens with zero attached hydrogens (tertiary/aromatic N) is 2. The average Bonchev–Trinajstić information content (AvgIpc) is 3.19. The molecule has 3 rings (SSSR count). The van der Waals surface area contributed by atoms with Crippen LogP contribution in [-0.2, 0) is 19.6 Å². The van der Waals surface area contributed by atoms with Crippen LogP contribution >= 0.6 is 0 Å². The fraction of sp³-hybridized carbons (Fsp3) is 0.600. The first kappa shape index (κ1) is 20.8. The lowest BCUT2D eigenvalue weighted by Gasteiger charge is -2.34. The Morgan fingerprint density at radius 1 is 1.04 bits per heavy atom. The molecule has 1 aromatic rings. The number of piperidine rings is 1. The van der Waals surface area contributed by atoms with Crippen LogP contribution in [0.3, 0.4) is 0 Å². The highest BCUT2D eigenvalue weighted by atomic mass is 32.2. The molecule has 2 fully saturated rings. The first-order valence-electron chi connectivity index (χ1n) is 9.96. The fourth-order valence-corrected chi connectivity index (χ4v) is 5.60. The molecule has 0 saturated carbocycles. The van der Waals surface area contributed by atoms with Crippen LogP contribution in [0.25, 0.3) is 0 Å². The van der Waals surface area contributed by atoms with Crippen LogP contribution in [0.1, 0.15) is 39.5 Å². The number of rotatable bonds is 5. The number of likely N-dealkylation sites (tertiary alicyclic amines) is 1. The number of carbonyl (C=O) groups is 2. The molecule has 154 valence electrons. The summed E-state index contributed by atoms with van der Waals surface area (Å²) in [5, 5.41) is 3.02. The number of sulfonamides is 1. The van der Waals surface area contributed by atoms with Gasteiger partial charge < -0.3 is 10.2 Å². The minimum Gasteiger partial charge on any atom is -0.352 e. The van der Waals surface area contributed by atoms with Gasteiger partial charge in [-0.15, -0.1) is 0 Å². The summed E-state index contributed by atoms with van der Waals surface area (Å²) in [4.78, 5) is 27.0. The van der Waals surface area contributed by atoms with E-state index in [2.05, 4.69) is 5.32 Å². The lowest BCUT2D eigenvalue weighted by atomic mass is 10.0. The lowest BCUT2D eigenvalue weighted by Crippen LogP contribution is -2.52. The van der Waals surface area contributed by atoms with Gasteiger partial charge in [-0.1, -0.05) is 32.0 Å². The number of nitrogens with one attached hydrogen (secondary N) is 1. The number of hydrogen-bond donors (Lipinski definition) is 1. The van der Waals surface area contributed by atoms with Crippen molar-refractivity contribution in [3.8, 4) is 0 Å². The highest BCUT2D eigenvalue weighted by Gasteiger charge is 2.40. The molecule has 1 aromatic carbocycles. The molecule has 0 radical (unpaired) electrons. The molecule has 1 unspecified atom stereocenters. The second-order valence-electron chi connectivity index (χ2n) is 7.85. The Balaban J connectivity index is 1.61. The molecule has 0 spiro atoms. The minimum atomic E-state index is -3.68. The summed E-state index contributed by atoms with van der Waals surface area (Å²) in [7, 11) is -3.68. The smallest absolute Gasteiger partial charge is 0.243 e. The number of hydrogen-bond acceptors (Lipinski definition) is 4. The number of carbonyl (C=O) groups excluding carboxylic acids is 2. The monoisotopic (exact) mass is 407 g/mol. The number of amides is 2. The SMILES string of the molecule is CC(C)C(=O)N1CCC(NC(=O)C2CCCN2S(=O)(=O)c2ccccc2)CC1. The molecule has 0 aliphatic carbocycles. The molecule has 2 amide bonds. The zero-order valence-corrected chi connectivity index (χ0v) is 17.3. The second kappa shape index (κ2) is 8.61. The van der Waals surface area contributed by atoms with Crippen molar-refractivity contribution in [3.63, 3.8) is 0 Å². The molecule has 8 heteroatoms. The molecule has 0 aromatic heterocycles. The Morgan fingerprint density at radius 2 is 1.68 bits per heavy atom. The van der Waals surface area contributed by atoms with E-state index in [1.807, 2.05) is 18.7 Å². The predicted octanol–water partition coefficient (Wildman–Crippen LogP) is 1.60. The molecule has 7 nitrogen and oxygen atoms in total. The summed E-state index contributed by atoms with van der Waals surface area (Å²) in [6, 6.07) is 7.57. The van der Waals surface area contributed by atoms with Crippen LogP contribution in [0, 0.1) is 5.92 Å². The van der Waals surface area contributed by atoms with Crippen molar-refractivity contribution in [1.29, 1.82) is 0 Å². The van der Waals surface area contributed by atoms with Crippen molar-refractivity contribution in [2.75, 3.05) is 19.6 Å². The van der Waals surface area contributed by atoms with Crippen molar-refractivity contribution in [3.05, 3.63) is 30.3 Å². The standard InChI is InChI=1S/C20H29N3O4S/c1-15(2)20(25)22-13-10-16(11-14-22)21-19(24)18-9-6-12-23(18)28(26,27)17-7-4-3-5-8-17/h3-5,7-8,15-16,18H,6,9-14H2,1-2H3,(H,21,24). The highest BCUT2D eigenvalue weighted by Crippen LogP contribution is 2.26. The number of benzene rings is 1. The van der Waals surface area contributed by atoms with Gasteiger partial charge >= 0.3 is 0 Å². The van der Waals surface area contributed by atoms with Crippen LogP contribution in [0.2, 0.25) is 0 Å². The van der Waals surface area contributed by atoms with Gasteiger partial charge in [0.1, 0.15) is 6.04 Å². The van der Waals surface area contributed by atoms with Crippen molar-refractivity contribution >= 4 is 21.8 Å². The zero-order valence-electron chi connectivity index (χ0n) is 16.5. The summed E-state index contributed by atoms with van der Waals surface area (Å²) >= 11 is 0.